The predicted molar refractivity (Wildman–Crippen MR) is 65.2 cm³/mol. The Labute approximate surface area is 103 Å². The highest BCUT2D eigenvalue weighted by Crippen LogP contribution is 2.32. The normalized spacial score (nSPS) is 12.9. The highest BCUT2D eigenvalue weighted by atomic mass is 35.5. The predicted octanol–water partition coefficient (Wildman–Crippen LogP) is 2.43. The number of hydrogen-bond acceptors (Lipinski definition) is 2. The minimum atomic E-state index is -1.55. The smallest absolute Gasteiger partial charge is 0.337 e. The van der Waals surface area contributed by atoms with Crippen molar-refractivity contribution in [1.82, 2.24) is 4.57 Å². The molecule has 1 aromatic carbocycles. The lowest BCUT2D eigenvalue weighted by Crippen LogP contribution is -2.10. The number of nitrogens with zero attached hydrogens (tertiary/aromatic N) is 1. The van der Waals surface area contributed by atoms with Crippen molar-refractivity contribution in [3.05, 3.63) is 35.0 Å². The lowest BCUT2D eigenvalue weighted by molar-refractivity contribution is -0.146. The van der Waals surface area contributed by atoms with Crippen LogP contribution in [0.2, 0.25) is 5.02 Å². The van der Waals surface area contributed by atoms with E-state index in [0.29, 0.717) is 22.5 Å². The van der Waals surface area contributed by atoms with Gasteiger partial charge in [0.25, 0.3) is 0 Å². The molecule has 1 atom stereocenters. The van der Waals surface area contributed by atoms with Gasteiger partial charge in [0, 0.05) is 29.2 Å². The van der Waals surface area contributed by atoms with Gasteiger partial charge in [-0.2, -0.15) is 0 Å². The Morgan fingerprint density at radius 3 is 2.82 bits per heavy atom. The molecule has 5 heteroatoms. The maximum absolute atomic E-state index is 10.8. The van der Waals surface area contributed by atoms with Crippen LogP contribution in [0, 0.1) is 0 Å². The zero-order valence-electron chi connectivity index (χ0n) is 9.22. The number of carbonyl (C=O) groups is 1. The van der Waals surface area contributed by atoms with E-state index in [4.69, 9.17) is 16.7 Å². The van der Waals surface area contributed by atoms with Gasteiger partial charge in [0.2, 0.25) is 0 Å². The first kappa shape index (κ1) is 12.0. The monoisotopic (exact) mass is 253 g/mol. The molecular weight excluding hydrogens is 242 g/mol. The number of hydrogen-bond donors (Lipinski definition) is 2. The molecule has 17 heavy (non-hydrogen) atoms. The second kappa shape index (κ2) is 4.39. The third kappa shape index (κ3) is 1.90. The Morgan fingerprint density at radius 2 is 2.24 bits per heavy atom. The van der Waals surface area contributed by atoms with Crippen LogP contribution in [-0.2, 0) is 11.3 Å². The fourth-order valence-corrected chi connectivity index (χ4v) is 2.22. The fraction of sp³-hybridized carbons (Fsp3) is 0.250. The maximum Gasteiger partial charge on any atom is 0.337 e. The van der Waals surface area contributed by atoms with Gasteiger partial charge >= 0.3 is 5.97 Å². The van der Waals surface area contributed by atoms with Crippen LogP contribution >= 0.6 is 11.6 Å². The summed E-state index contributed by atoms with van der Waals surface area (Å²) in [7, 11) is 0. The van der Waals surface area contributed by atoms with E-state index < -0.39 is 12.1 Å². The number of carboxylic acid groups (broad SMARTS) is 1. The number of aliphatic hydroxyl groups is 1. The molecule has 0 spiro atoms. The van der Waals surface area contributed by atoms with Crippen LogP contribution in [0.5, 0.6) is 0 Å². The molecule has 2 aromatic rings. The van der Waals surface area contributed by atoms with Crippen molar-refractivity contribution in [2.24, 2.45) is 0 Å². The molecule has 0 aliphatic heterocycles. The van der Waals surface area contributed by atoms with Gasteiger partial charge in [0.15, 0.2) is 6.10 Å². The molecule has 2 N–H and O–H groups in total. The number of carboxylic acids is 1. The number of halogens is 1. The molecule has 0 saturated carbocycles. The number of aliphatic carboxylic acids is 1. The lowest BCUT2D eigenvalue weighted by atomic mass is 10.1. The van der Waals surface area contributed by atoms with Crippen molar-refractivity contribution in [3.8, 4) is 0 Å². The lowest BCUT2D eigenvalue weighted by Gasteiger charge is -2.04. The van der Waals surface area contributed by atoms with Crippen molar-refractivity contribution >= 4 is 28.5 Å². The summed E-state index contributed by atoms with van der Waals surface area (Å²) in [4.78, 5) is 10.8. The molecule has 0 aliphatic carbocycles. The summed E-state index contributed by atoms with van der Waals surface area (Å²) in [6.07, 6.45) is 0.0835. The van der Waals surface area contributed by atoms with Gasteiger partial charge in [0.05, 0.1) is 5.02 Å². The average Bonchev–Trinajstić information content (AvgIpc) is 2.68. The number of aryl methyl sites for hydroxylation is 1. The van der Waals surface area contributed by atoms with E-state index in [9.17, 15) is 9.90 Å². The average molecular weight is 254 g/mol. The quantitative estimate of drug-likeness (QED) is 0.883. The molecule has 0 amide bonds. The van der Waals surface area contributed by atoms with Crippen LogP contribution in [0.25, 0.3) is 10.9 Å². The molecule has 1 unspecified atom stereocenters. The molecule has 0 radical (unpaired) electrons. The second-order valence-electron chi connectivity index (χ2n) is 3.75. The van der Waals surface area contributed by atoms with E-state index in [-0.39, 0.29) is 0 Å². The summed E-state index contributed by atoms with van der Waals surface area (Å²) in [6.45, 7) is 2.63. The van der Waals surface area contributed by atoms with Gasteiger partial charge in [-0.1, -0.05) is 17.7 Å². The van der Waals surface area contributed by atoms with Crippen molar-refractivity contribution in [1.29, 1.82) is 0 Å². The van der Waals surface area contributed by atoms with Gasteiger partial charge in [-0.3, -0.25) is 0 Å². The van der Waals surface area contributed by atoms with Crippen LogP contribution in [0.3, 0.4) is 0 Å². The molecule has 0 fully saturated rings. The molecule has 1 aromatic heterocycles. The largest absolute Gasteiger partial charge is 0.479 e. The highest BCUT2D eigenvalue weighted by molar-refractivity contribution is 6.35. The van der Waals surface area contributed by atoms with Crippen LogP contribution in [0.15, 0.2) is 24.4 Å². The molecule has 0 bridgehead atoms. The standard InChI is InChI=1S/C12H12ClNO3/c1-2-14-6-7(11(15)12(16)17)10-8(13)4-3-5-9(10)14/h3-6,11,15H,2H2,1H3,(H,16,17). The van der Waals surface area contributed by atoms with Crippen molar-refractivity contribution in [2.45, 2.75) is 19.6 Å². The Bertz CT molecular complexity index is 576. The third-order valence-corrected chi connectivity index (χ3v) is 3.07. The maximum atomic E-state index is 10.8. The Balaban J connectivity index is 2.75. The van der Waals surface area contributed by atoms with Crippen molar-refractivity contribution in [3.63, 3.8) is 0 Å². The van der Waals surface area contributed by atoms with Gasteiger partial charge < -0.3 is 14.8 Å². The topological polar surface area (TPSA) is 62.5 Å². The number of fused-ring (bicyclic) bond motifs is 1. The summed E-state index contributed by atoms with van der Waals surface area (Å²) in [5.41, 5.74) is 1.16. The minimum Gasteiger partial charge on any atom is -0.479 e. The van der Waals surface area contributed by atoms with E-state index in [1.54, 1.807) is 18.3 Å². The highest BCUT2D eigenvalue weighted by Gasteiger charge is 2.22. The molecule has 0 aliphatic rings. The van der Waals surface area contributed by atoms with E-state index in [1.165, 1.54) is 0 Å². The molecule has 2 rings (SSSR count). The van der Waals surface area contributed by atoms with Gasteiger partial charge in [-0.15, -0.1) is 0 Å². The van der Waals surface area contributed by atoms with Crippen molar-refractivity contribution < 1.29 is 15.0 Å². The Hall–Kier alpha value is -1.52. The first-order valence-electron chi connectivity index (χ1n) is 5.24. The number of aliphatic hydroxyl groups excluding tert-OH is 1. The van der Waals surface area contributed by atoms with E-state index >= 15 is 0 Å². The first-order valence-corrected chi connectivity index (χ1v) is 5.62. The zero-order chi connectivity index (χ0) is 12.6. The SMILES string of the molecule is CCn1cc(C(O)C(=O)O)c2c(Cl)cccc21. The Morgan fingerprint density at radius 1 is 1.53 bits per heavy atom. The summed E-state index contributed by atoms with van der Waals surface area (Å²) in [5, 5.41) is 19.6. The first-order chi connectivity index (χ1) is 8.06. The summed E-state index contributed by atoms with van der Waals surface area (Å²) < 4.78 is 1.86. The molecule has 0 saturated heterocycles. The van der Waals surface area contributed by atoms with Gasteiger partial charge in [0.1, 0.15) is 0 Å². The van der Waals surface area contributed by atoms with Gasteiger partial charge in [-0.25, -0.2) is 4.79 Å². The molecule has 90 valence electrons. The van der Waals surface area contributed by atoms with E-state index in [1.807, 2.05) is 17.6 Å². The summed E-state index contributed by atoms with van der Waals surface area (Å²) in [6, 6.07) is 5.33. The van der Waals surface area contributed by atoms with Gasteiger partial charge in [-0.05, 0) is 19.1 Å². The molecular formula is C12H12ClNO3. The number of rotatable bonds is 3. The van der Waals surface area contributed by atoms with Crippen LogP contribution in [0.4, 0.5) is 0 Å². The van der Waals surface area contributed by atoms with E-state index in [0.717, 1.165) is 5.52 Å². The van der Waals surface area contributed by atoms with Crippen LogP contribution in [0.1, 0.15) is 18.6 Å². The molecule has 4 nitrogen and oxygen atoms in total. The number of aromatic nitrogens is 1. The van der Waals surface area contributed by atoms with Crippen LogP contribution < -0.4 is 0 Å². The van der Waals surface area contributed by atoms with E-state index in [2.05, 4.69) is 0 Å². The number of benzene rings is 1. The van der Waals surface area contributed by atoms with Crippen molar-refractivity contribution in [2.75, 3.05) is 0 Å². The molecule has 1 heterocycles. The Kier molecular flexibility index (Phi) is 3.09. The summed E-state index contributed by atoms with van der Waals surface area (Å²) in [5.74, 6) is -1.28. The fourth-order valence-electron chi connectivity index (χ4n) is 1.94. The minimum absolute atomic E-state index is 0.333. The van der Waals surface area contributed by atoms with Crippen LogP contribution in [-0.4, -0.2) is 20.7 Å². The zero-order valence-corrected chi connectivity index (χ0v) is 9.98. The third-order valence-electron chi connectivity index (χ3n) is 2.75. The summed E-state index contributed by atoms with van der Waals surface area (Å²) >= 11 is 6.06. The second-order valence-corrected chi connectivity index (χ2v) is 4.15.